The molecule has 0 N–H and O–H groups in total. The zero-order valence-electron chi connectivity index (χ0n) is 14.5. The molecule has 2 aromatic heterocycles. The summed E-state index contributed by atoms with van der Waals surface area (Å²) in [5.41, 5.74) is 3.08. The molecule has 5 rings (SSSR count). The molecule has 0 unspecified atom stereocenters. The highest BCUT2D eigenvalue weighted by Crippen LogP contribution is 2.42. The van der Waals surface area contributed by atoms with Crippen molar-refractivity contribution in [2.45, 2.75) is 12.3 Å². The van der Waals surface area contributed by atoms with Gasteiger partial charge in [-0.25, -0.2) is 9.97 Å². The number of nitrogens with zero attached hydrogens (tertiary/aromatic N) is 5. The number of fused-ring (bicyclic) bond motifs is 3. The van der Waals surface area contributed by atoms with E-state index in [1.54, 1.807) is 24.5 Å². The van der Waals surface area contributed by atoms with Crippen LogP contribution in [0.25, 0.3) is 0 Å². The molecule has 0 saturated carbocycles. The van der Waals surface area contributed by atoms with Crippen LogP contribution in [-0.4, -0.2) is 65.2 Å². The molecule has 1 aliphatic carbocycles. The number of ether oxygens (including phenoxy) is 1. The molecular formula is C19H21N5O2. The molecule has 0 radical (unpaired) electrons. The number of aromatic nitrogens is 3. The fourth-order valence-electron chi connectivity index (χ4n) is 4.32. The van der Waals surface area contributed by atoms with Gasteiger partial charge in [-0.15, -0.1) is 0 Å². The van der Waals surface area contributed by atoms with E-state index < -0.39 is 0 Å². The van der Waals surface area contributed by atoms with Crippen LogP contribution in [-0.2, 0) is 11.2 Å². The van der Waals surface area contributed by atoms with Gasteiger partial charge in [0.15, 0.2) is 0 Å². The Bertz CT molecular complexity index is 822. The summed E-state index contributed by atoms with van der Waals surface area (Å²) in [7, 11) is 0. The first-order valence-electron chi connectivity index (χ1n) is 9.17. The Hall–Kier alpha value is -2.54. The molecule has 2 saturated heterocycles. The second-order valence-corrected chi connectivity index (χ2v) is 7.20. The second-order valence-electron chi connectivity index (χ2n) is 7.20. The Balaban J connectivity index is 1.36. The molecule has 2 fully saturated rings. The molecule has 2 atom stereocenters. The average Bonchev–Trinajstić information content (AvgIpc) is 3.26. The maximum Gasteiger partial charge on any atom is 0.253 e. The lowest BCUT2D eigenvalue weighted by Gasteiger charge is -2.27. The van der Waals surface area contributed by atoms with Crippen LogP contribution < -0.4 is 4.90 Å². The van der Waals surface area contributed by atoms with E-state index in [9.17, 15) is 4.79 Å². The van der Waals surface area contributed by atoms with E-state index in [0.717, 1.165) is 57.5 Å². The molecule has 26 heavy (non-hydrogen) atoms. The normalized spacial score (nSPS) is 24.5. The average molecular weight is 351 g/mol. The maximum atomic E-state index is 12.7. The van der Waals surface area contributed by atoms with Crippen molar-refractivity contribution in [3.63, 3.8) is 0 Å². The molecular weight excluding hydrogens is 330 g/mol. The molecule has 0 bridgehead atoms. The third kappa shape index (κ3) is 2.63. The van der Waals surface area contributed by atoms with Gasteiger partial charge in [0.1, 0.15) is 0 Å². The quantitative estimate of drug-likeness (QED) is 0.807. The number of amides is 1. The van der Waals surface area contributed by atoms with Crippen LogP contribution in [0.4, 0.5) is 5.95 Å². The van der Waals surface area contributed by atoms with Gasteiger partial charge in [-0.3, -0.25) is 9.78 Å². The first-order valence-corrected chi connectivity index (χ1v) is 9.17. The van der Waals surface area contributed by atoms with Crippen LogP contribution >= 0.6 is 0 Å². The number of carbonyl (C=O) groups excluding carboxylic acids is 1. The van der Waals surface area contributed by atoms with Gasteiger partial charge in [-0.2, -0.15) is 0 Å². The first kappa shape index (κ1) is 15.7. The van der Waals surface area contributed by atoms with Crippen molar-refractivity contribution in [2.75, 3.05) is 44.3 Å². The SMILES string of the molecule is O=C(c1ccncc1)N1C[C@H]2Cc3cnc(N4CCOCC4)nc3[C@H]2C1. The first-order chi connectivity index (χ1) is 12.8. The summed E-state index contributed by atoms with van der Waals surface area (Å²) < 4.78 is 5.42. The number of hydrogen-bond donors (Lipinski definition) is 0. The van der Waals surface area contributed by atoms with Crippen molar-refractivity contribution < 1.29 is 9.53 Å². The van der Waals surface area contributed by atoms with Crippen molar-refractivity contribution in [3.05, 3.63) is 47.5 Å². The molecule has 134 valence electrons. The van der Waals surface area contributed by atoms with Crippen molar-refractivity contribution >= 4 is 11.9 Å². The topological polar surface area (TPSA) is 71.5 Å². The summed E-state index contributed by atoms with van der Waals surface area (Å²) >= 11 is 0. The minimum atomic E-state index is 0.0887. The zero-order valence-corrected chi connectivity index (χ0v) is 14.5. The Morgan fingerprint density at radius 1 is 1.15 bits per heavy atom. The van der Waals surface area contributed by atoms with Gasteiger partial charge >= 0.3 is 0 Å². The summed E-state index contributed by atoms with van der Waals surface area (Å²) in [6, 6.07) is 3.56. The molecule has 0 aromatic carbocycles. The fourth-order valence-corrected chi connectivity index (χ4v) is 4.32. The predicted octanol–water partition coefficient (Wildman–Crippen LogP) is 1.12. The molecule has 4 heterocycles. The maximum absolute atomic E-state index is 12.7. The van der Waals surface area contributed by atoms with Crippen LogP contribution in [0.3, 0.4) is 0 Å². The Kier molecular flexibility index (Phi) is 3.81. The Morgan fingerprint density at radius 3 is 2.77 bits per heavy atom. The van der Waals surface area contributed by atoms with Gasteiger partial charge in [-0.05, 0) is 30.0 Å². The minimum Gasteiger partial charge on any atom is -0.378 e. The Morgan fingerprint density at radius 2 is 1.96 bits per heavy atom. The van der Waals surface area contributed by atoms with E-state index in [4.69, 9.17) is 9.72 Å². The van der Waals surface area contributed by atoms with Crippen molar-refractivity contribution in [1.29, 1.82) is 0 Å². The summed E-state index contributed by atoms with van der Waals surface area (Å²) in [4.78, 5) is 30.4. The smallest absolute Gasteiger partial charge is 0.253 e. The van der Waals surface area contributed by atoms with Gasteiger partial charge in [0.05, 0.1) is 18.9 Å². The van der Waals surface area contributed by atoms with Gasteiger partial charge in [0, 0.05) is 56.3 Å². The number of pyridine rings is 1. The summed E-state index contributed by atoms with van der Waals surface area (Å²) in [5, 5.41) is 0. The zero-order chi connectivity index (χ0) is 17.5. The lowest BCUT2D eigenvalue weighted by atomic mass is 9.99. The van der Waals surface area contributed by atoms with Crippen molar-refractivity contribution in [3.8, 4) is 0 Å². The van der Waals surface area contributed by atoms with Crippen LogP contribution in [0, 0.1) is 5.92 Å². The number of hydrogen-bond acceptors (Lipinski definition) is 6. The van der Waals surface area contributed by atoms with Crippen LogP contribution in [0.5, 0.6) is 0 Å². The van der Waals surface area contributed by atoms with Gasteiger partial charge < -0.3 is 14.5 Å². The monoisotopic (exact) mass is 351 g/mol. The minimum absolute atomic E-state index is 0.0887. The van der Waals surface area contributed by atoms with Gasteiger partial charge in [0.25, 0.3) is 5.91 Å². The van der Waals surface area contributed by atoms with Crippen molar-refractivity contribution in [2.24, 2.45) is 5.92 Å². The molecule has 1 amide bonds. The van der Waals surface area contributed by atoms with Crippen LogP contribution in [0.1, 0.15) is 27.5 Å². The molecule has 2 aromatic rings. The standard InChI is InChI=1S/C19H21N5O2/c25-18(13-1-3-20-4-2-13)24-11-15-9-14-10-21-19(22-17(14)16(15)12-24)23-5-7-26-8-6-23/h1-4,10,15-16H,5-9,11-12H2/t15-,16+/m1/s1. The summed E-state index contributed by atoms with van der Waals surface area (Å²) in [6.45, 7) is 4.63. The number of morpholine rings is 1. The number of likely N-dealkylation sites (tertiary alicyclic amines) is 1. The van der Waals surface area contributed by atoms with Crippen molar-refractivity contribution in [1.82, 2.24) is 19.9 Å². The molecule has 0 spiro atoms. The van der Waals surface area contributed by atoms with E-state index in [-0.39, 0.29) is 5.91 Å². The fraction of sp³-hybridized carbons (Fsp3) is 0.474. The Labute approximate surface area is 152 Å². The predicted molar refractivity (Wildman–Crippen MR) is 95.1 cm³/mol. The molecule has 3 aliphatic rings. The molecule has 7 heteroatoms. The van der Waals surface area contributed by atoms with Gasteiger partial charge in [0.2, 0.25) is 5.95 Å². The van der Waals surface area contributed by atoms with E-state index in [2.05, 4.69) is 14.9 Å². The number of rotatable bonds is 2. The number of carbonyl (C=O) groups is 1. The third-order valence-electron chi connectivity index (χ3n) is 5.67. The van der Waals surface area contributed by atoms with E-state index >= 15 is 0 Å². The van der Waals surface area contributed by atoms with Crippen LogP contribution in [0.15, 0.2) is 30.7 Å². The highest BCUT2D eigenvalue weighted by molar-refractivity contribution is 5.94. The van der Waals surface area contributed by atoms with Gasteiger partial charge in [-0.1, -0.05) is 0 Å². The summed E-state index contributed by atoms with van der Waals surface area (Å²) in [6.07, 6.45) is 6.28. The number of anilines is 1. The third-order valence-corrected chi connectivity index (χ3v) is 5.67. The summed E-state index contributed by atoms with van der Waals surface area (Å²) in [5.74, 6) is 1.65. The van der Waals surface area contributed by atoms with E-state index in [0.29, 0.717) is 17.4 Å². The lowest BCUT2D eigenvalue weighted by molar-refractivity contribution is 0.0785. The lowest BCUT2D eigenvalue weighted by Crippen LogP contribution is -2.37. The largest absolute Gasteiger partial charge is 0.378 e. The van der Waals surface area contributed by atoms with E-state index in [1.807, 2.05) is 11.1 Å². The second kappa shape index (κ2) is 6.32. The molecule has 7 nitrogen and oxygen atoms in total. The highest BCUT2D eigenvalue weighted by atomic mass is 16.5. The van der Waals surface area contributed by atoms with Crippen LogP contribution in [0.2, 0.25) is 0 Å². The highest BCUT2D eigenvalue weighted by Gasteiger charge is 2.43. The molecule has 2 aliphatic heterocycles. The van der Waals surface area contributed by atoms with E-state index in [1.165, 1.54) is 5.56 Å².